The van der Waals surface area contributed by atoms with Crippen LogP contribution in [-0.4, -0.2) is 61.7 Å². The van der Waals surface area contributed by atoms with Gasteiger partial charge in [0.2, 0.25) is 0 Å². The van der Waals surface area contributed by atoms with Gasteiger partial charge in [-0.15, -0.1) is 0 Å². The SMILES string of the molecule is Cc1ccc(OC[C@@H](C)NC(=O)N2CCCN(C)CC2)cc1. The summed E-state index contributed by atoms with van der Waals surface area (Å²) in [7, 11) is 2.10. The van der Waals surface area contributed by atoms with E-state index >= 15 is 0 Å². The van der Waals surface area contributed by atoms with E-state index in [1.807, 2.05) is 43.0 Å². The third kappa shape index (κ3) is 5.22. The van der Waals surface area contributed by atoms with Crippen LogP contribution >= 0.6 is 0 Å². The summed E-state index contributed by atoms with van der Waals surface area (Å²) in [4.78, 5) is 16.4. The Bertz CT molecular complexity index is 475. The first-order valence-electron chi connectivity index (χ1n) is 7.98. The summed E-state index contributed by atoms with van der Waals surface area (Å²) in [5.41, 5.74) is 1.21. The highest BCUT2D eigenvalue weighted by Gasteiger charge is 2.18. The third-order valence-corrected chi connectivity index (χ3v) is 3.90. The van der Waals surface area contributed by atoms with Crippen molar-refractivity contribution in [2.45, 2.75) is 26.3 Å². The molecular formula is C17H27N3O2. The van der Waals surface area contributed by atoms with Gasteiger partial charge in [0.15, 0.2) is 0 Å². The average molecular weight is 305 g/mol. The lowest BCUT2D eigenvalue weighted by atomic mass is 10.2. The Balaban J connectivity index is 1.74. The van der Waals surface area contributed by atoms with Gasteiger partial charge in [-0.1, -0.05) is 17.7 Å². The molecule has 0 aliphatic carbocycles. The van der Waals surface area contributed by atoms with Crippen LogP contribution in [0.15, 0.2) is 24.3 Å². The van der Waals surface area contributed by atoms with Gasteiger partial charge in [-0.05, 0) is 46.0 Å². The molecule has 1 atom stereocenters. The summed E-state index contributed by atoms with van der Waals surface area (Å²) in [6.07, 6.45) is 1.03. The van der Waals surface area contributed by atoms with Gasteiger partial charge in [0.25, 0.3) is 0 Å². The lowest BCUT2D eigenvalue weighted by Crippen LogP contribution is -2.46. The first-order chi connectivity index (χ1) is 10.5. The molecule has 1 aromatic carbocycles. The lowest BCUT2D eigenvalue weighted by Gasteiger charge is -2.23. The molecule has 122 valence electrons. The Morgan fingerprint density at radius 2 is 1.95 bits per heavy atom. The smallest absolute Gasteiger partial charge is 0.317 e. The van der Waals surface area contributed by atoms with Gasteiger partial charge in [0.1, 0.15) is 12.4 Å². The quantitative estimate of drug-likeness (QED) is 0.926. The summed E-state index contributed by atoms with van der Waals surface area (Å²) < 4.78 is 5.71. The predicted octanol–water partition coefficient (Wildman–Crippen LogP) is 2.11. The Kier molecular flexibility index (Phi) is 6.07. The van der Waals surface area contributed by atoms with E-state index in [-0.39, 0.29) is 12.1 Å². The zero-order valence-electron chi connectivity index (χ0n) is 13.8. The molecular weight excluding hydrogens is 278 g/mol. The molecule has 0 saturated carbocycles. The summed E-state index contributed by atoms with van der Waals surface area (Å²) in [6, 6.07) is 7.94. The topological polar surface area (TPSA) is 44.8 Å². The monoisotopic (exact) mass is 305 g/mol. The van der Waals surface area contributed by atoms with Crippen molar-refractivity contribution >= 4 is 6.03 Å². The minimum absolute atomic E-state index is 0.00954. The summed E-state index contributed by atoms with van der Waals surface area (Å²) in [5, 5.41) is 3.02. The molecule has 1 aliphatic rings. The molecule has 5 nitrogen and oxygen atoms in total. The van der Waals surface area contributed by atoms with Crippen molar-refractivity contribution in [1.29, 1.82) is 0 Å². The highest BCUT2D eigenvalue weighted by atomic mass is 16.5. The van der Waals surface area contributed by atoms with Gasteiger partial charge in [-0.25, -0.2) is 4.79 Å². The molecule has 0 bridgehead atoms. The molecule has 0 aromatic heterocycles. The van der Waals surface area contributed by atoms with Crippen molar-refractivity contribution < 1.29 is 9.53 Å². The third-order valence-electron chi connectivity index (χ3n) is 3.90. The number of aryl methyl sites for hydroxylation is 1. The second kappa shape index (κ2) is 8.03. The fourth-order valence-electron chi connectivity index (χ4n) is 2.45. The van der Waals surface area contributed by atoms with Gasteiger partial charge >= 0.3 is 6.03 Å². The number of hydrogen-bond acceptors (Lipinski definition) is 3. The summed E-state index contributed by atoms with van der Waals surface area (Å²) in [5.74, 6) is 0.836. The maximum atomic E-state index is 12.3. The molecule has 0 spiro atoms. The predicted molar refractivity (Wildman–Crippen MR) is 88.4 cm³/mol. The Hall–Kier alpha value is -1.75. The highest BCUT2D eigenvalue weighted by molar-refractivity contribution is 5.74. The van der Waals surface area contributed by atoms with Crippen molar-refractivity contribution in [3.8, 4) is 5.75 Å². The van der Waals surface area contributed by atoms with Crippen molar-refractivity contribution in [3.05, 3.63) is 29.8 Å². The molecule has 2 rings (SSSR count). The van der Waals surface area contributed by atoms with Crippen LogP contribution in [0.1, 0.15) is 18.9 Å². The van der Waals surface area contributed by atoms with E-state index in [2.05, 4.69) is 17.3 Å². The number of amides is 2. The lowest BCUT2D eigenvalue weighted by molar-refractivity contribution is 0.189. The number of nitrogens with one attached hydrogen (secondary N) is 1. The minimum atomic E-state index is -0.0187. The first-order valence-corrected chi connectivity index (χ1v) is 7.98. The molecule has 5 heteroatoms. The van der Waals surface area contributed by atoms with E-state index < -0.39 is 0 Å². The fourth-order valence-corrected chi connectivity index (χ4v) is 2.45. The zero-order valence-corrected chi connectivity index (χ0v) is 13.8. The van der Waals surface area contributed by atoms with E-state index in [0.29, 0.717) is 6.61 Å². The van der Waals surface area contributed by atoms with Crippen LogP contribution in [0, 0.1) is 6.92 Å². The van der Waals surface area contributed by atoms with E-state index in [0.717, 1.165) is 38.3 Å². The molecule has 1 N–H and O–H groups in total. The van der Waals surface area contributed by atoms with Crippen LogP contribution in [0.3, 0.4) is 0 Å². The average Bonchev–Trinajstić information content (AvgIpc) is 2.71. The molecule has 1 aliphatic heterocycles. The largest absolute Gasteiger partial charge is 0.491 e. The van der Waals surface area contributed by atoms with Gasteiger partial charge in [0.05, 0.1) is 6.04 Å². The van der Waals surface area contributed by atoms with Crippen LogP contribution in [0.25, 0.3) is 0 Å². The Morgan fingerprint density at radius 3 is 2.68 bits per heavy atom. The number of hydrogen-bond donors (Lipinski definition) is 1. The molecule has 22 heavy (non-hydrogen) atoms. The van der Waals surface area contributed by atoms with Crippen LogP contribution < -0.4 is 10.1 Å². The number of rotatable bonds is 4. The van der Waals surface area contributed by atoms with Crippen molar-refractivity contribution in [3.63, 3.8) is 0 Å². The number of nitrogens with zero attached hydrogens (tertiary/aromatic N) is 2. The summed E-state index contributed by atoms with van der Waals surface area (Å²) in [6.45, 7) is 8.08. The van der Waals surface area contributed by atoms with Crippen LogP contribution in [-0.2, 0) is 0 Å². The fraction of sp³-hybridized carbons (Fsp3) is 0.588. The molecule has 0 radical (unpaired) electrons. The zero-order chi connectivity index (χ0) is 15.9. The molecule has 1 fully saturated rings. The van der Waals surface area contributed by atoms with E-state index in [1.54, 1.807) is 0 Å². The van der Waals surface area contributed by atoms with E-state index in [9.17, 15) is 4.79 Å². The van der Waals surface area contributed by atoms with Gasteiger partial charge in [-0.3, -0.25) is 0 Å². The van der Waals surface area contributed by atoms with Gasteiger partial charge in [-0.2, -0.15) is 0 Å². The summed E-state index contributed by atoms with van der Waals surface area (Å²) >= 11 is 0. The molecule has 1 saturated heterocycles. The second-order valence-electron chi connectivity index (χ2n) is 6.12. The van der Waals surface area contributed by atoms with Gasteiger partial charge in [0, 0.05) is 19.6 Å². The molecule has 0 unspecified atom stereocenters. The van der Waals surface area contributed by atoms with Crippen molar-refractivity contribution in [2.75, 3.05) is 39.8 Å². The maximum Gasteiger partial charge on any atom is 0.317 e. The maximum absolute atomic E-state index is 12.3. The highest BCUT2D eigenvalue weighted by Crippen LogP contribution is 2.11. The standard InChI is InChI=1S/C17H27N3O2/c1-14-5-7-16(8-6-14)22-13-15(2)18-17(21)20-10-4-9-19(3)11-12-20/h5-8,15H,4,9-13H2,1-3H3,(H,18,21)/t15-/m1/s1. The molecule has 2 amide bonds. The second-order valence-corrected chi connectivity index (χ2v) is 6.12. The Labute approximate surface area is 133 Å². The van der Waals surface area contributed by atoms with Crippen LogP contribution in [0.2, 0.25) is 0 Å². The minimum Gasteiger partial charge on any atom is -0.491 e. The number of urea groups is 1. The molecule has 1 heterocycles. The van der Waals surface area contributed by atoms with Crippen LogP contribution in [0.5, 0.6) is 5.75 Å². The number of likely N-dealkylation sites (N-methyl/N-ethyl adjacent to an activating group) is 1. The first kappa shape index (κ1) is 16.6. The number of carbonyl (C=O) groups is 1. The molecule has 1 aromatic rings. The number of carbonyl (C=O) groups excluding carboxylic acids is 1. The normalized spacial score (nSPS) is 17.7. The van der Waals surface area contributed by atoms with E-state index in [4.69, 9.17) is 4.74 Å². The van der Waals surface area contributed by atoms with E-state index in [1.165, 1.54) is 5.56 Å². The Morgan fingerprint density at radius 1 is 1.23 bits per heavy atom. The van der Waals surface area contributed by atoms with Crippen LogP contribution in [0.4, 0.5) is 4.79 Å². The van der Waals surface area contributed by atoms with Crippen molar-refractivity contribution in [2.24, 2.45) is 0 Å². The van der Waals surface area contributed by atoms with Crippen molar-refractivity contribution in [1.82, 2.24) is 15.1 Å². The van der Waals surface area contributed by atoms with Gasteiger partial charge < -0.3 is 19.9 Å². The number of ether oxygens (including phenoxy) is 1. The number of benzene rings is 1.